The standard InChI is InChI=1S/C18H22FN3O3/c1-24-17-4-2-3-16(19)15(17)10-22-5-6-25-11-13(9-22)7-14-8-18(23)21-12-20-14/h2-4,8,12-13H,5-7,9-11H2,1H3,(H,20,21,23)/t13-/m0/s1. The summed E-state index contributed by atoms with van der Waals surface area (Å²) in [7, 11) is 1.55. The van der Waals surface area contributed by atoms with E-state index in [-0.39, 0.29) is 17.3 Å². The van der Waals surface area contributed by atoms with E-state index in [2.05, 4.69) is 14.9 Å². The predicted octanol–water partition coefficient (Wildman–Crippen LogP) is 1.61. The Balaban J connectivity index is 1.71. The van der Waals surface area contributed by atoms with Gasteiger partial charge in [-0.15, -0.1) is 0 Å². The first-order chi connectivity index (χ1) is 12.2. The number of benzene rings is 1. The van der Waals surface area contributed by atoms with Crippen LogP contribution in [0, 0.1) is 11.7 Å². The fourth-order valence-corrected chi connectivity index (χ4v) is 3.14. The van der Waals surface area contributed by atoms with Crippen LogP contribution in [-0.4, -0.2) is 48.3 Å². The lowest BCUT2D eigenvalue weighted by molar-refractivity contribution is 0.121. The van der Waals surface area contributed by atoms with Crippen molar-refractivity contribution in [2.45, 2.75) is 13.0 Å². The second-order valence-electron chi connectivity index (χ2n) is 6.20. The molecule has 6 nitrogen and oxygen atoms in total. The molecule has 0 bridgehead atoms. The van der Waals surface area contributed by atoms with Crippen LogP contribution in [0.5, 0.6) is 5.75 Å². The fraction of sp³-hybridized carbons (Fsp3) is 0.444. The van der Waals surface area contributed by atoms with Gasteiger partial charge in [-0.2, -0.15) is 0 Å². The van der Waals surface area contributed by atoms with E-state index < -0.39 is 0 Å². The Bertz CT molecular complexity index is 765. The molecular weight excluding hydrogens is 325 g/mol. The van der Waals surface area contributed by atoms with Gasteiger partial charge in [-0.3, -0.25) is 9.69 Å². The lowest BCUT2D eigenvalue weighted by Crippen LogP contribution is -2.31. The maximum Gasteiger partial charge on any atom is 0.250 e. The summed E-state index contributed by atoms with van der Waals surface area (Å²) < 4.78 is 25.2. The molecule has 0 spiro atoms. The van der Waals surface area contributed by atoms with Crippen molar-refractivity contribution in [1.82, 2.24) is 14.9 Å². The highest BCUT2D eigenvalue weighted by atomic mass is 19.1. The Morgan fingerprint density at radius 3 is 3.16 bits per heavy atom. The van der Waals surface area contributed by atoms with Crippen molar-refractivity contribution in [3.63, 3.8) is 0 Å². The molecule has 0 saturated carbocycles. The van der Waals surface area contributed by atoms with Gasteiger partial charge in [0.15, 0.2) is 0 Å². The van der Waals surface area contributed by atoms with Crippen molar-refractivity contribution >= 4 is 0 Å². The third-order valence-corrected chi connectivity index (χ3v) is 4.33. The van der Waals surface area contributed by atoms with Crippen LogP contribution in [-0.2, 0) is 17.7 Å². The molecule has 1 N–H and O–H groups in total. The van der Waals surface area contributed by atoms with E-state index in [1.807, 2.05) is 0 Å². The summed E-state index contributed by atoms with van der Waals surface area (Å²) >= 11 is 0. The summed E-state index contributed by atoms with van der Waals surface area (Å²) in [6.07, 6.45) is 2.06. The van der Waals surface area contributed by atoms with Crippen molar-refractivity contribution in [2.75, 3.05) is 33.4 Å². The molecule has 1 aromatic heterocycles. The molecule has 0 radical (unpaired) electrons. The normalized spacial score (nSPS) is 18.7. The van der Waals surface area contributed by atoms with E-state index in [1.165, 1.54) is 18.5 Å². The van der Waals surface area contributed by atoms with E-state index in [9.17, 15) is 9.18 Å². The predicted molar refractivity (Wildman–Crippen MR) is 91.1 cm³/mol. The summed E-state index contributed by atoms with van der Waals surface area (Å²) in [5.74, 6) is 0.477. The van der Waals surface area contributed by atoms with Crippen molar-refractivity contribution in [1.29, 1.82) is 0 Å². The first kappa shape index (κ1) is 17.6. The Kier molecular flexibility index (Phi) is 5.78. The second kappa shape index (κ2) is 8.22. The lowest BCUT2D eigenvalue weighted by atomic mass is 10.0. The average molecular weight is 347 g/mol. The number of halogens is 1. The molecule has 25 heavy (non-hydrogen) atoms. The Hall–Kier alpha value is -2.25. The number of rotatable bonds is 5. The van der Waals surface area contributed by atoms with Gasteiger partial charge in [0, 0.05) is 42.9 Å². The fourth-order valence-electron chi connectivity index (χ4n) is 3.14. The third kappa shape index (κ3) is 4.64. The minimum atomic E-state index is -0.266. The zero-order valence-corrected chi connectivity index (χ0v) is 14.2. The molecule has 0 unspecified atom stereocenters. The van der Waals surface area contributed by atoms with Gasteiger partial charge >= 0.3 is 0 Å². The molecule has 0 aliphatic carbocycles. The van der Waals surface area contributed by atoms with Gasteiger partial charge in [-0.05, 0) is 18.6 Å². The average Bonchev–Trinajstić information content (AvgIpc) is 2.82. The van der Waals surface area contributed by atoms with Gasteiger partial charge in [0.25, 0.3) is 5.56 Å². The van der Waals surface area contributed by atoms with E-state index in [4.69, 9.17) is 9.47 Å². The van der Waals surface area contributed by atoms with Crippen LogP contribution >= 0.6 is 0 Å². The zero-order chi connectivity index (χ0) is 17.6. The van der Waals surface area contributed by atoms with E-state index in [1.54, 1.807) is 19.2 Å². The summed E-state index contributed by atoms with van der Waals surface area (Å²) in [5.41, 5.74) is 1.13. The van der Waals surface area contributed by atoms with Crippen LogP contribution in [0.3, 0.4) is 0 Å². The molecule has 0 amide bonds. The maximum absolute atomic E-state index is 14.2. The number of ether oxygens (including phenoxy) is 2. The molecule has 1 atom stereocenters. The molecule has 3 rings (SSSR count). The topological polar surface area (TPSA) is 67.5 Å². The first-order valence-corrected chi connectivity index (χ1v) is 8.31. The number of hydrogen-bond acceptors (Lipinski definition) is 5. The largest absolute Gasteiger partial charge is 0.496 e. The summed E-state index contributed by atoms with van der Waals surface area (Å²) in [6.45, 7) is 3.11. The monoisotopic (exact) mass is 347 g/mol. The van der Waals surface area contributed by atoms with Gasteiger partial charge in [-0.1, -0.05) is 6.07 Å². The second-order valence-corrected chi connectivity index (χ2v) is 6.20. The molecule has 1 fully saturated rings. The number of aromatic amines is 1. The number of hydrogen-bond donors (Lipinski definition) is 1. The highest BCUT2D eigenvalue weighted by Crippen LogP contribution is 2.24. The molecular formula is C18H22FN3O3. The van der Waals surface area contributed by atoms with Crippen LogP contribution in [0.25, 0.3) is 0 Å². The summed E-state index contributed by atoms with van der Waals surface area (Å²) in [5, 5.41) is 0. The van der Waals surface area contributed by atoms with E-state index in [0.29, 0.717) is 37.5 Å². The number of aromatic nitrogens is 2. The molecule has 7 heteroatoms. The van der Waals surface area contributed by atoms with Gasteiger partial charge in [0.1, 0.15) is 11.6 Å². The molecule has 134 valence electrons. The summed E-state index contributed by atoms with van der Waals surface area (Å²) in [6, 6.07) is 6.37. The van der Waals surface area contributed by atoms with Crippen LogP contribution in [0.4, 0.5) is 4.39 Å². The van der Waals surface area contributed by atoms with Gasteiger partial charge < -0.3 is 14.5 Å². The number of methoxy groups -OCH3 is 1. The van der Waals surface area contributed by atoms with E-state index >= 15 is 0 Å². The Labute approximate surface area is 145 Å². The van der Waals surface area contributed by atoms with Crippen molar-refractivity contribution < 1.29 is 13.9 Å². The molecule has 1 saturated heterocycles. The van der Waals surface area contributed by atoms with Crippen LogP contribution in [0.1, 0.15) is 11.3 Å². The maximum atomic E-state index is 14.2. The lowest BCUT2D eigenvalue weighted by Gasteiger charge is -2.24. The quantitative estimate of drug-likeness (QED) is 0.890. The molecule has 2 heterocycles. The first-order valence-electron chi connectivity index (χ1n) is 8.31. The number of nitrogens with zero attached hydrogens (tertiary/aromatic N) is 2. The van der Waals surface area contributed by atoms with Gasteiger partial charge in [0.2, 0.25) is 0 Å². The Morgan fingerprint density at radius 2 is 2.36 bits per heavy atom. The highest BCUT2D eigenvalue weighted by molar-refractivity contribution is 5.34. The molecule has 2 aromatic rings. The Morgan fingerprint density at radius 1 is 1.48 bits per heavy atom. The van der Waals surface area contributed by atoms with Crippen molar-refractivity contribution in [3.8, 4) is 5.75 Å². The highest BCUT2D eigenvalue weighted by Gasteiger charge is 2.22. The van der Waals surface area contributed by atoms with Gasteiger partial charge in [0.05, 0.1) is 26.7 Å². The van der Waals surface area contributed by atoms with Crippen LogP contribution in [0.2, 0.25) is 0 Å². The van der Waals surface area contributed by atoms with Crippen LogP contribution < -0.4 is 10.3 Å². The number of H-pyrrole nitrogens is 1. The SMILES string of the molecule is COc1cccc(F)c1CN1CCOC[C@@H](Cc2cc(=O)[nH]cn2)C1. The van der Waals surface area contributed by atoms with E-state index in [0.717, 1.165) is 18.8 Å². The minimum Gasteiger partial charge on any atom is -0.496 e. The number of nitrogens with one attached hydrogen (secondary N) is 1. The van der Waals surface area contributed by atoms with Crippen molar-refractivity contribution in [3.05, 3.63) is 58.0 Å². The minimum absolute atomic E-state index is 0.160. The zero-order valence-electron chi connectivity index (χ0n) is 14.2. The smallest absolute Gasteiger partial charge is 0.250 e. The van der Waals surface area contributed by atoms with Crippen molar-refractivity contribution in [2.24, 2.45) is 5.92 Å². The molecule has 1 aromatic carbocycles. The third-order valence-electron chi connectivity index (χ3n) is 4.33. The van der Waals surface area contributed by atoms with Crippen LogP contribution in [0.15, 0.2) is 35.4 Å². The van der Waals surface area contributed by atoms with Gasteiger partial charge in [-0.25, -0.2) is 9.37 Å². The summed E-state index contributed by atoms with van der Waals surface area (Å²) in [4.78, 5) is 20.3. The molecule has 1 aliphatic heterocycles. The molecule has 1 aliphatic rings.